The van der Waals surface area contributed by atoms with Gasteiger partial charge in [-0.3, -0.25) is 0 Å². The first-order chi connectivity index (χ1) is 7.18. The number of hydrogen-bond acceptors (Lipinski definition) is 4. The van der Waals surface area contributed by atoms with Gasteiger partial charge in [-0.15, -0.1) is 0 Å². The summed E-state index contributed by atoms with van der Waals surface area (Å²) in [7, 11) is 0. The van der Waals surface area contributed by atoms with Crippen LogP contribution in [0, 0.1) is 0 Å². The van der Waals surface area contributed by atoms with Gasteiger partial charge in [0.1, 0.15) is 18.1 Å². The van der Waals surface area contributed by atoms with Crippen molar-refractivity contribution in [3.8, 4) is 11.5 Å². The van der Waals surface area contributed by atoms with Crippen LogP contribution in [0.5, 0.6) is 11.5 Å². The van der Waals surface area contributed by atoms with Gasteiger partial charge in [-0.2, -0.15) is 0 Å². The van der Waals surface area contributed by atoms with Crippen molar-refractivity contribution in [1.29, 1.82) is 0 Å². The van der Waals surface area contributed by atoms with Crippen LogP contribution < -0.4 is 4.74 Å². The SMILES string of the molecule is CC1(COc2ccc(O)cc2)OCCO1. The molecular weight excluding hydrogens is 196 g/mol. The summed E-state index contributed by atoms with van der Waals surface area (Å²) in [6, 6.07) is 6.56. The van der Waals surface area contributed by atoms with E-state index in [0.29, 0.717) is 25.6 Å². The lowest BCUT2D eigenvalue weighted by Crippen LogP contribution is -2.33. The molecule has 0 aromatic heterocycles. The second-order valence-electron chi connectivity index (χ2n) is 3.61. The van der Waals surface area contributed by atoms with Gasteiger partial charge in [-0.1, -0.05) is 0 Å². The highest BCUT2D eigenvalue weighted by atomic mass is 16.7. The van der Waals surface area contributed by atoms with Gasteiger partial charge in [0, 0.05) is 0 Å². The van der Waals surface area contributed by atoms with Crippen molar-refractivity contribution in [2.75, 3.05) is 19.8 Å². The summed E-state index contributed by atoms with van der Waals surface area (Å²) in [5.74, 6) is 0.271. The number of aromatic hydroxyl groups is 1. The van der Waals surface area contributed by atoms with E-state index in [-0.39, 0.29) is 5.75 Å². The third-order valence-corrected chi connectivity index (χ3v) is 2.24. The van der Waals surface area contributed by atoms with Crippen molar-refractivity contribution in [1.82, 2.24) is 0 Å². The molecule has 4 heteroatoms. The summed E-state index contributed by atoms with van der Waals surface area (Å²) in [4.78, 5) is 0. The topological polar surface area (TPSA) is 47.9 Å². The van der Waals surface area contributed by atoms with Crippen LogP contribution in [0.15, 0.2) is 24.3 Å². The molecule has 1 aromatic rings. The molecule has 2 rings (SSSR count). The molecule has 0 unspecified atom stereocenters. The third kappa shape index (κ3) is 2.61. The molecule has 1 saturated heterocycles. The number of hydrogen-bond donors (Lipinski definition) is 1. The zero-order valence-corrected chi connectivity index (χ0v) is 8.60. The summed E-state index contributed by atoms with van der Waals surface area (Å²) in [6.45, 7) is 3.41. The quantitative estimate of drug-likeness (QED) is 0.822. The standard InChI is InChI=1S/C11H14O4/c1-11(14-6-7-15-11)8-13-10-4-2-9(12)3-5-10/h2-5,12H,6-8H2,1H3. The Hall–Kier alpha value is -1.26. The minimum Gasteiger partial charge on any atom is -0.508 e. The van der Waals surface area contributed by atoms with Crippen molar-refractivity contribution in [2.24, 2.45) is 0 Å². The maximum atomic E-state index is 9.08. The summed E-state index contributed by atoms with van der Waals surface area (Å²) >= 11 is 0. The van der Waals surface area contributed by atoms with Crippen LogP contribution >= 0.6 is 0 Å². The molecule has 0 spiro atoms. The smallest absolute Gasteiger partial charge is 0.200 e. The minimum atomic E-state index is -0.641. The molecule has 1 fully saturated rings. The predicted molar refractivity (Wildman–Crippen MR) is 53.9 cm³/mol. The Kier molecular flexibility index (Phi) is 2.79. The molecule has 1 aliphatic heterocycles. The van der Waals surface area contributed by atoms with Crippen molar-refractivity contribution < 1.29 is 19.3 Å². The molecule has 0 aliphatic carbocycles. The Morgan fingerprint density at radius 3 is 2.47 bits per heavy atom. The molecule has 15 heavy (non-hydrogen) atoms. The summed E-state index contributed by atoms with van der Waals surface area (Å²) in [6.07, 6.45) is 0. The minimum absolute atomic E-state index is 0.224. The van der Waals surface area contributed by atoms with Crippen LogP contribution in [0.1, 0.15) is 6.92 Å². The maximum absolute atomic E-state index is 9.08. The third-order valence-electron chi connectivity index (χ3n) is 2.24. The molecule has 4 nitrogen and oxygen atoms in total. The van der Waals surface area contributed by atoms with Gasteiger partial charge < -0.3 is 19.3 Å². The van der Waals surface area contributed by atoms with E-state index in [0.717, 1.165) is 0 Å². The fourth-order valence-corrected chi connectivity index (χ4v) is 1.40. The molecule has 1 aliphatic rings. The van der Waals surface area contributed by atoms with E-state index >= 15 is 0 Å². The molecular formula is C11H14O4. The Balaban J connectivity index is 1.90. The van der Waals surface area contributed by atoms with Crippen LogP contribution in [0.3, 0.4) is 0 Å². The summed E-state index contributed by atoms with van der Waals surface area (Å²) < 4.78 is 16.3. The monoisotopic (exact) mass is 210 g/mol. The average molecular weight is 210 g/mol. The van der Waals surface area contributed by atoms with Gasteiger partial charge in [-0.05, 0) is 31.2 Å². The number of phenolic OH excluding ortho intramolecular Hbond substituents is 1. The van der Waals surface area contributed by atoms with Crippen LogP contribution in [0.25, 0.3) is 0 Å². The van der Waals surface area contributed by atoms with Gasteiger partial charge >= 0.3 is 0 Å². The summed E-state index contributed by atoms with van der Waals surface area (Å²) in [5, 5.41) is 9.08. The number of phenols is 1. The number of ether oxygens (including phenoxy) is 3. The van der Waals surface area contributed by atoms with Gasteiger partial charge in [0.25, 0.3) is 0 Å². The Labute approximate surface area is 88.4 Å². The van der Waals surface area contributed by atoms with E-state index in [1.165, 1.54) is 0 Å². The normalized spacial score (nSPS) is 19.0. The zero-order valence-electron chi connectivity index (χ0n) is 8.60. The van der Waals surface area contributed by atoms with Crippen LogP contribution in [0.2, 0.25) is 0 Å². The predicted octanol–water partition coefficient (Wildman–Crippen LogP) is 1.53. The van der Waals surface area contributed by atoms with E-state index in [9.17, 15) is 0 Å². The van der Waals surface area contributed by atoms with Crippen molar-refractivity contribution in [3.63, 3.8) is 0 Å². The zero-order chi connectivity index (χ0) is 10.7. The average Bonchev–Trinajstić information content (AvgIpc) is 2.65. The molecule has 1 aromatic carbocycles. The van der Waals surface area contributed by atoms with Gasteiger partial charge in [0.15, 0.2) is 5.79 Å². The maximum Gasteiger partial charge on any atom is 0.200 e. The molecule has 1 N–H and O–H groups in total. The van der Waals surface area contributed by atoms with E-state index in [1.54, 1.807) is 24.3 Å². The Morgan fingerprint density at radius 2 is 1.87 bits per heavy atom. The van der Waals surface area contributed by atoms with Gasteiger partial charge in [0.2, 0.25) is 0 Å². The van der Waals surface area contributed by atoms with E-state index in [2.05, 4.69) is 0 Å². The first-order valence-corrected chi connectivity index (χ1v) is 4.88. The van der Waals surface area contributed by atoms with Gasteiger partial charge in [0.05, 0.1) is 13.2 Å². The number of benzene rings is 1. The Bertz CT molecular complexity index is 314. The molecule has 0 bridgehead atoms. The Morgan fingerprint density at radius 1 is 1.27 bits per heavy atom. The molecule has 82 valence electrons. The first-order valence-electron chi connectivity index (χ1n) is 4.88. The molecule has 0 saturated carbocycles. The molecule has 0 radical (unpaired) electrons. The van der Waals surface area contributed by atoms with Crippen molar-refractivity contribution in [2.45, 2.75) is 12.7 Å². The first kappa shape index (κ1) is 10.3. The fraction of sp³-hybridized carbons (Fsp3) is 0.455. The molecule has 0 amide bonds. The van der Waals surface area contributed by atoms with Crippen LogP contribution in [-0.4, -0.2) is 30.7 Å². The van der Waals surface area contributed by atoms with Crippen LogP contribution in [0.4, 0.5) is 0 Å². The van der Waals surface area contributed by atoms with E-state index < -0.39 is 5.79 Å². The highest BCUT2D eigenvalue weighted by Crippen LogP contribution is 2.21. The highest BCUT2D eigenvalue weighted by Gasteiger charge is 2.31. The lowest BCUT2D eigenvalue weighted by atomic mass is 10.3. The van der Waals surface area contributed by atoms with Crippen molar-refractivity contribution in [3.05, 3.63) is 24.3 Å². The van der Waals surface area contributed by atoms with Crippen molar-refractivity contribution >= 4 is 0 Å². The van der Waals surface area contributed by atoms with E-state index in [4.69, 9.17) is 19.3 Å². The second kappa shape index (κ2) is 4.08. The van der Waals surface area contributed by atoms with Crippen LogP contribution in [-0.2, 0) is 9.47 Å². The fourth-order valence-electron chi connectivity index (χ4n) is 1.40. The van der Waals surface area contributed by atoms with E-state index in [1.807, 2.05) is 6.92 Å². The highest BCUT2D eigenvalue weighted by molar-refractivity contribution is 5.30. The number of rotatable bonds is 3. The summed E-state index contributed by atoms with van der Waals surface area (Å²) in [5.41, 5.74) is 0. The largest absolute Gasteiger partial charge is 0.508 e. The molecule has 1 heterocycles. The molecule has 0 atom stereocenters. The lowest BCUT2D eigenvalue weighted by molar-refractivity contribution is -0.162. The second-order valence-corrected chi connectivity index (χ2v) is 3.61. The van der Waals surface area contributed by atoms with Gasteiger partial charge in [-0.25, -0.2) is 0 Å². The lowest BCUT2D eigenvalue weighted by Gasteiger charge is -2.22.